The second kappa shape index (κ2) is 14.7. The molecule has 3 fully saturated rings. The Morgan fingerprint density at radius 3 is 2.22 bits per heavy atom. The molecule has 3 saturated heterocycles. The highest BCUT2D eigenvalue weighted by molar-refractivity contribution is 7.89. The van der Waals surface area contributed by atoms with Crippen molar-refractivity contribution in [1.82, 2.24) is 24.3 Å². The number of benzene rings is 2. The highest BCUT2D eigenvalue weighted by Crippen LogP contribution is 2.35. The number of carbonyl (C=O) groups excluding carboxylic acids is 4. The predicted molar refractivity (Wildman–Crippen MR) is 186 cm³/mol. The number of hydrogen-bond acceptors (Lipinski definition) is 7. The van der Waals surface area contributed by atoms with Gasteiger partial charge in [0.25, 0.3) is 0 Å². The first-order valence-corrected chi connectivity index (χ1v) is 18.8. The first-order valence-electron chi connectivity index (χ1n) is 16.2. The number of nitrogens with one attached hydrogen (secondary N) is 1. The van der Waals surface area contributed by atoms with Crippen LogP contribution in [0.1, 0.15) is 46.1 Å². The number of sulfonamides is 1. The summed E-state index contributed by atoms with van der Waals surface area (Å²) in [4.78, 5) is 59.6. The fourth-order valence-corrected chi connectivity index (χ4v) is 9.14. The molecule has 0 saturated carbocycles. The SMILES string of the molecule is CC(C)C(N)C(=O)N1CCCC1C(=O)NC1CN(S(=O)(=O)c2ccc(Cl)cc2Cl)C2CN(C(C)C)C(=O)C(Cc3ccc(Cl)cc3)N2C1=O. The predicted octanol–water partition coefficient (Wildman–Crippen LogP) is 3.13. The van der Waals surface area contributed by atoms with Crippen LogP contribution in [0.25, 0.3) is 0 Å². The second-order valence-electron chi connectivity index (χ2n) is 13.3. The normalized spacial score (nSPS) is 24.1. The summed E-state index contributed by atoms with van der Waals surface area (Å²) in [5, 5.41) is 3.35. The molecule has 49 heavy (non-hydrogen) atoms. The molecule has 266 valence electrons. The summed E-state index contributed by atoms with van der Waals surface area (Å²) in [6, 6.07) is 6.28. The van der Waals surface area contributed by atoms with Crippen molar-refractivity contribution < 1.29 is 27.6 Å². The molecular formula is C33H41Cl3N6O6S. The lowest BCUT2D eigenvalue weighted by Crippen LogP contribution is -2.76. The zero-order chi connectivity index (χ0) is 35.9. The van der Waals surface area contributed by atoms with E-state index < -0.39 is 58.7 Å². The number of nitrogens with two attached hydrogens (primary N) is 1. The van der Waals surface area contributed by atoms with Gasteiger partial charge in [0.05, 0.1) is 17.6 Å². The molecule has 0 aromatic heterocycles. The minimum absolute atomic E-state index is 0.0652. The maximum Gasteiger partial charge on any atom is 0.248 e. The van der Waals surface area contributed by atoms with Crippen LogP contribution in [0, 0.1) is 5.92 Å². The Hall–Kier alpha value is -2.94. The number of likely N-dealkylation sites (tertiary alicyclic amines) is 1. The van der Waals surface area contributed by atoms with Gasteiger partial charge >= 0.3 is 0 Å². The van der Waals surface area contributed by atoms with Gasteiger partial charge in [-0.15, -0.1) is 0 Å². The number of fused-ring (bicyclic) bond motifs is 1. The molecule has 12 nitrogen and oxygen atoms in total. The minimum atomic E-state index is -4.44. The zero-order valence-electron chi connectivity index (χ0n) is 27.7. The van der Waals surface area contributed by atoms with Crippen molar-refractivity contribution in [2.75, 3.05) is 19.6 Å². The molecule has 3 N–H and O–H groups in total. The summed E-state index contributed by atoms with van der Waals surface area (Å²) in [6.45, 7) is 7.03. The van der Waals surface area contributed by atoms with Gasteiger partial charge in [-0.05, 0) is 68.5 Å². The monoisotopic (exact) mass is 754 g/mol. The maximum absolute atomic E-state index is 14.5. The molecular weight excluding hydrogens is 715 g/mol. The van der Waals surface area contributed by atoms with Gasteiger partial charge in [0.15, 0.2) is 0 Å². The van der Waals surface area contributed by atoms with E-state index in [-0.39, 0.29) is 51.7 Å². The van der Waals surface area contributed by atoms with E-state index in [1.165, 1.54) is 28.0 Å². The summed E-state index contributed by atoms with van der Waals surface area (Å²) in [5.41, 5.74) is 6.83. The van der Waals surface area contributed by atoms with Crippen LogP contribution in [0.2, 0.25) is 15.1 Å². The van der Waals surface area contributed by atoms with Crippen molar-refractivity contribution in [1.29, 1.82) is 0 Å². The molecule has 5 rings (SSSR count). The Kier molecular flexibility index (Phi) is 11.2. The summed E-state index contributed by atoms with van der Waals surface area (Å²) >= 11 is 18.6. The van der Waals surface area contributed by atoms with E-state index in [4.69, 9.17) is 40.5 Å². The molecule has 2 aromatic rings. The Bertz CT molecular complexity index is 1730. The molecule has 5 atom stereocenters. The van der Waals surface area contributed by atoms with Crippen LogP contribution in [-0.4, -0.2) is 107 Å². The lowest BCUT2D eigenvalue weighted by atomic mass is 9.96. The van der Waals surface area contributed by atoms with Crippen LogP contribution in [0.3, 0.4) is 0 Å². The van der Waals surface area contributed by atoms with Crippen LogP contribution in [0.15, 0.2) is 47.4 Å². The third-order valence-corrected chi connectivity index (χ3v) is 12.3. The largest absolute Gasteiger partial charge is 0.341 e. The quantitative estimate of drug-likeness (QED) is 0.399. The van der Waals surface area contributed by atoms with Crippen molar-refractivity contribution in [2.45, 2.75) is 88.2 Å². The van der Waals surface area contributed by atoms with Gasteiger partial charge in [-0.25, -0.2) is 8.42 Å². The molecule has 4 amide bonds. The van der Waals surface area contributed by atoms with E-state index in [0.29, 0.717) is 30.0 Å². The summed E-state index contributed by atoms with van der Waals surface area (Å²) in [7, 11) is -4.44. The number of rotatable bonds is 9. The van der Waals surface area contributed by atoms with Gasteiger partial charge in [-0.3, -0.25) is 19.2 Å². The third kappa shape index (κ3) is 7.43. The summed E-state index contributed by atoms with van der Waals surface area (Å²) < 4.78 is 30.1. The zero-order valence-corrected chi connectivity index (χ0v) is 30.8. The molecule has 0 spiro atoms. The van der Waals surface area contributed by atoms with E-state index in [0.717, 1.165) is 4.31 Å². The number of halogens is 3. The van der Waals surface area contributed by atoms with Crippen LogP contribution < -0.4 is 11.1 Å². The van der Waals surface area contributed by atoms with E-state index in [2.05, 4.69) is 5.32 Å². The van der Waals surface area contributed by atoms with E-state index >= 15 is 0 Å². The number of piperazine rings is 1. The first-order chi connectivity index (χ1) is 23.0. The third-order valence-electron chi connectivity index (χ3n) is 9.44. The van der Waals surface area contributed by atoms with Gasteiger partial charge in [0.2, 0.25) is 33.7 Å². The molecule has 2 aromatic carbocycles. The Morgan fingerprint density at radius 2 is 1.61 bits per heavy atom. The van der Waals surface area contributed by atoms with Crippen molar-refractivity contribution in [3.63, 3.8) is 0 Å². The van der Waals surface area contributed by atoms with E-state index in [1.807, 2.05) is 27.7 Å². The minimum Gasteiger partial charge on any atom is -0.341 e. The Labute approximate surface area is 301 Å². The van der Waals surface area contributed by atoms with Crippen molar-refractivity contribution in [3.8, 4) is 0 Å². The average molecular weight is 756 g/mol. The molecule has 0 radical (unpaired) electrons. The van der Waals surface area contributed by atoms with Gasteiger partial charge < -0.3 is 25.8 Å². The Morgan fingerprint density at radius 1 is 0.959 bits per heavy atom. The van der Waals surface area contributed by atoms with Crippen molar-refractivity contribution in [2.24, 2.45) is 11.7 Å². The van der Waals surface area contributed by atoms with Crippen LogP contribution in [0.5, 0.6) is 0 Å². The number of amides is 4. The molecule has 0 aliphatic carbocycles. The van der Waals surface area contributed by atoms with Gasteiger partial charge in [-0.1, -0.05) is 60.8 Å². The number of nitrogens with zero attached hydrogens (tertiary/aromatic N) is 4. The molecule has 3 aliphatic rings. The highest BCUT2D eigenvalue weighted by Gasteiger charge is 2.55. The summed E-state index contributed by atoms with van der Waals surface area (Å²) in [5.74, 6) is -2.12. The molecule has 16 heteroatoms. The van der Waals surface area contributed by atoms with Crippen molar-refractivity contribution in [3.05, 3.63) is 63.1 Å². The second-order valence-corrected chi connectivity index (χ2v) is 16.5. The fraction of sp³-hybridized carbons (Fsp3) is 0.515. The van der Waals surface area contributed by atoms with E-state index in [9.17, 15) is 27.6 Å². The number of carbonyl (C=O) groups is 4. The Balaban J connectivity index is 1.56. The van der Waals surface area contributed by atoms with Crippen LogP contribution in [0.4, 0.5) is 0 Å². The maximum atomic E-state index is 14.5. The molecule has 5 unspecified atom stereocenters. The lowest BCUT2D eigenvalue weighted by molar-refractivity contribution is -0.169. The van der Waals surface area contributed by atoms with Gasteiger partial charge in [0, 0.05) is 35.6 Å². The summed E-state index contributed by atoms with van der Waals surface area (Å²) in [6.07, 6.45) is -0.155. The standard InChI is InChI=1S/C33H41Cl3N6O6S/c1-18(2)29(37)33(46)39-13-5-6-25(39)30(43)38-24-16-41(49(47,48)27-12-11-22(35)15-23(27)36)28-17-40(19(3)4)32(45)26(42(28)31(24)44)14-20-7-9-21(34)10-8-20/h7-12,15,18-19,24-26,28-29H,5-6,13-14,16-17,37H2,1-4H3,(H,38,43). The van der Waals surface area contributed by atoms with Gasteiger partial charge in [-0.2, -0.15) is 4.31 Å². The first kappa shape index (κ1) is 37.3. The van der Waals surface area contributed by atoms with Crippen molar-refractivity contribution >= 4 is 68.5 Å². The highest BCUT2D eigenvalue weighted by atomic mass is 35.5. The van der Waals surface area contributed by atoms with Gasteiger partial charge in [0.1, 0.15) is 29.2 Å². The fourth-order valence-electron chi connectivity index (χ4n) is 6.68. The topological polar surface area (TPSA) is 153 Å². The molecule has 3 heterocycles. The molecule has 3 aliphatic heterocycles. The van der Waals surface area contributed by atoms with E-state index in [1.54, 1.807) is 29.2 Å². The lowest BCUT2D eigenvalue weighted by Gasteiger charge is -2.54. The van der Waals surface area contributed by atoms with Crippen LogP contribution >= 0.6 is 34.8 Å². The number of hydrogen-bond donors (Lipinski definition) is 2. The average Bonchev–Trinajstić information content (AvgIpc) is 3.53. The van der Waals surface area contributed by atoms with Crippen LogP contribution in [-0.2, 0) is 35.6 Å². The molecule has 0 bridgehead atoms. The smallest absolute Gasteiger partial charge is 0.248 e.